The summed E-state index contributed by atoms with van der Waals surface area (Å²) in [5.41, 5.74) is 1.91. The molecule has 3 rings (SSSR count). The average Bonchev–Trinajstić information content (AvgIpc) is 2.72. The molecule has 0 bridgehead atoms. The van der Waals surface area contributed by atoms with Crippen LogP contribution in [0.15, 0.2) is 97.6 Å². The van der Waals surface area contributed by atoms with Gasteiger partial charge in [0.2, 0.25) is 0 Å². The molecule has 26 heavy (non-hydrogen) atoms. The van der Waals surface area contributed by atoms with Crippen molar-refractivity contribution in [2.75, 3.05) is 0 Å². The van der Waals surface area contributed by atoms with Gasteiger partial charge in [-0.05, 0) is 17.7 Å². The first-order valence-electron chi connectivity index (χ1n) is 8.28. The first-order valence-corrected chi connectivity index (χ1v) is 8.28. The van der Waals surface area contributed by atoms with Crippen molar-refractivity contribution in [2.45, 2.75) is 6.10 Å². The topological polar surface area (TPSA) is 43.4 Å². The summed E-state index contributed by atoms with van der Waals surface area (Å²) in [6, 6.07) is 24.9. The van der Waals surface area contributed by atoms with E-state index in [0.29, 0.717) is 11.1 Å². The summed E-state index contributed by atoms with van der Waals surface area (Å²) in [5.74, 6) is -0.772. The summed E-state index contributed by atoms with van der Waals surface area (Å²) in [4.78, 5) is 25.5. The van der Waals surface area contributed by atoms with Crippen LogP contribution in [0, 0.1) is 0 Å². The van der Waals surface area contributed by atoms with Crippen molar-refractivity contribution >= 4 is 11.8 Å². The van der Waals surface area contributed by atoms with Gasteiger partial charge in [0.1, 0.15) is 6.10 Å². The van der Waals surface area contributed by atoms with E-state index in [2.05, 4.69) is 6.58 Å². The number of carbonyl (C=O) groups excluding carboxylic acids is 2. The molecule has 0 radical (unpaired) electrons. The van der Waals surface area contributed by atoms with Crippen molar-refractivity contribution < 1.29 is 14.3 Å². The Hall–Kier alpha value is -3.46. The fourth-order valence-electron chi connectivity index (χ4n) is 2.68. The molecular weight excluding hydrogens is 324 g/mol. The van der Waals surface area contributed by atoms with Crippen molar-refractivity contribution in [3.05, 3.63) is 120 Å². The minimum atomic E-state index is -0.580. The number of ether oxygens (including phenoxy) is 1. The molecule has 0 aliphatic heterocycles. The third-order valence-corrected chi connectivity index (χ3v) is 4.00. The summed E-state index contributed by atoms with van der Waals surface area (Å²) in [6.45, 7) is 3.75. The highest BCUT2D eigenvalue weighted by Crippen LogP contribution is 2.22. The van der Waals surface area contributed by atoms with Crippen LogP contribution >= 0.6 is 0 Å². The molecule has 3 nitrogen and oxygen atoms in total. The number of carbonyl (C=O) groups is 2. The Balaban J connectivity index is 1.89. The lowest BCUT2D eigenvalue weighted by Gasteiger charge is -2.16. The minimum absolute atomic E-state index is 0.215. The molecule has 0 aromatic heterocycles. The average molecular weight is 342 g/mol. The Morgan fingerprint density at radius 3 is 1.92 bits per heavy atom. The molecule has 0 saturated carbocycles. The maximum absolute atomic E-state index is 12.8. The highest BCUT2D eigenvalue weighted by Gasteiger charge is 2.21. The Labute approximate surface area is 152 Å². The number of esters is 1. The van der Waals surface area contributed by atoms with E-state index in [-0.39, 0.29) is 11.3 Å². The molecule has 0 aliphatic carbocycles. The van der Waals surface area contributed by atoms with Gasteiger partial charge in [-0.25, -0.2) is 4.79 Å². The zero-order valence-electron chi connectivity index (χ0n) is 14.2. The lowest BCUT2D eigenvalue weighted by atomic mass is 9.98. The fourth-order valence-corrected chi connectivity index (χ4v) is 2.68. The van der Waals surface area contributed by atoms with Crippen LogP contribution in [0.25, 0.3) is 0 Å². The standard InChI is InChI=1S/C23H18O3/c1-2-21(17-11-5-3-6-12-17)26-23(25)20-16-10-9-15-19(20)22(24)18-13-7-4-8-14-18/h2-16,21H,1H2. The quantitative estimate of drug-likeness (QED) is 0.360. The van der Waals surface area contributed by atoms with Gasteiger partial charge in [-0.15, -0.1) is 0 Å². The second-order valence-electron chi connectivity index (χ2n) is 5.71. The van der Waals surface area contributed by atoms with E-state index in [1.165, 1.54) is 0 Å². The summed E-state index contributed by atoms with van der Waals surface area (Å²) in [5, 5.41) is 0. The number of rotatable bonds is 6. The Morgan fingerprint density at radius 2 is 1.31 bits per heavy atom. The number of benzene rings is 3. The summed E-state index contributed by atoms with van der Waals surface area (Å²) in [6.07, 6.45) is 0.984. The zero-order chi connectivity index (χ0) is 18.4. The maximum atomic E-state index is 12.8. The van der Waals surface area contributed by atoms with Gasteiger partial charge in [0.25, 0.3) is 0 Å². The molecule has 0 spiro atoms. The monoisotopic (exact) mass is 342 g/mol. The third-order valence-electron chi connectivity index (χ3n) is 4.00. The van der Waals surface area contributed by atoms with Crippen molar-refractivity contribution in [1.29, 1.82) is 0 Å². The van der Waals surface area contributed by atoms with Gasteiger partial charge in [-0.1, -0.05) is 85.4 Å². The molecule has 0 amide bonds. The smallest absolute Gasteiger partial charge is 0.339 e. The molecule has 0 heterocycles. The molecule has 128 valence electrons. The van der Waals surface area contributed by atoms with Crippen LogP contribution in [0.2, 0.25) is 0 Å². The number of ketones is 1. The van der Waals surface area contributed by atoms with E-state index in [4.69, 9.17) is 4.74 Å². The van der Waals surface area contributed by atoms with Crippen LogP contribution in [-0.4, -0.2) is 11.8 Å². The Kier molecular flexibility index (Phi) is 5.40. The molecule has 0 fully saturated rings. The molecule has 0 saturated heterocycles. The van der Waals surface area contributed by atoms with E-state index >= 15 is 0 Å². The van der Waals surface area contributed by atoms with Crippen LogP contribution < -0.4 is 0 Å². The predicted octanol–water partition coefficient (Wildman–Crippen LogP) is 5.00. The third kappa shape index (κ3) is 3.78. The maximum Gasteiger partial charge on any atom is 0.339 e. The highest BCUT2D eigenvalue weighted by atomic mass is 16.5. The summed E-state index contributed by atoms with van der Waals surface area (Å²) < 4.78 is 5.59. The molecular formula is C23H18O3. The van der Waals surface area contributed by atoms with Gasteiger partial charge < -0.3 is 4.74 Å². The minimum Gasteiger partial charge on any atom is -0.450 e. The number of hydrogen-bond acceptors (Lipinski definition) is 3. The summed E-state index contributed by atoms with van der Waals surface area (Å²) in [7, 11) is 0. The zero-order valence-corrected chi connectivity index (χ0v) is 14.2. The molecule has 3 aromatic carbocycles. The largest absolute Gasteiger partial charge is 0.450 e. The van der Waals surface area contributed by atoms with Gasteiger partial charge in [0, 0.05) is 11.1 Å². The van der Waals surface area contributed by atoms with Crippen molar-refractivity contribution in [3.8, 4) is 0 Å². The first-order chi connectivity index (χ1) is 12.7. The second-order valence-corrected chi connectivity index (χ2v) is 5.71. The first kappa shape index (κ1) is 17.4. The van der Waals surface area contributed by atoms with E-state index in [9.17, 15) is 9.59 Å². The molecule has 0 N–H and O–H groups in total. The van der Waals surface area contributed by atoms with Crippen LogP contribution in [-0.2, 0) is 4.74 Å². The SMILES string of the molecule is C=CC(OC(=O)c1ccccc1C(=O)c1ccccc1)c1ccccc1. The van der Waals surface area contributed by atoms with Crippen molar-refractivity contribution in [1.82, 2.24) is 0 Å². The lowest BCUT2D eigenvalue weighted by molar-refractivity contribution is 0.0390. The van der Waals surface area contributed by atoms with Gasteiger partial charge in [0.15, 0.2) is 5.78 Å². The predicted molar refractivity (Wildman–Crippen MR) is 101 cm³/mol. The van der Waals surface area contributed by atoms with Crippen LogP contribution in [0.5, 0.6) is 0 Å². The lowest BCUT2D eigenvalue weighted by Crippen LogP contribution is -2.15. The molecule has 0 aliphatic rings. The number of hydrogen-bond donors (Lipinski definition) is 0. The molecule has 1 unspecified atom stereocenters. The molecule has 3 heteroatoms. The summed E-state index contributed by atoms with van der Waals surface area (Å²) >= 11 is 0. The highest BCUT2D eigenvalue weighted by molar-refractivity contribution is 6.14. The molecule has 1 atom stereocenters. The fraction of sp³-hybridized carbons (Fsp3) is 0.0435. The van der Waals surface area contributed by atoms with E-state index < -0.39 is 12.1 Å². The van der Waals surface area contributed by atoms with Gasteiger partial charge in [-0.3, -0.25) is 4.79 Å². The van der Waals surface area contributed by atoms with Crippen LogP contribution in [0.1, 0.15) is 37.9 Å². The molecule has 3 aromatic rings. The Bertz CT molecular complexity index is 914. The van der Waals surface area contributed by atoms with E-state index in [1.807, 2.05) is 36.4 Å². The van der Waals surface area contributed by atoms with Gasteiger partial charge in [0.05, 0.1) is 5.56 Å². The normalized spacial score (nSPS) is 11.4. The van der Waals surface area contributed by atoms with Crippen LogP contribution in [0.3, 0.4) is 0 Å². The van der Waals surface area contributed by atoms with E-state index in [0.717, 1.165) is 5.56 Å². The van der Waals surface area contributed by atoms with Gasteiger partial charge in [-0.2, -0.15) is 0 Å². The van der Waals surface area contributed by atoms with Crippen LogP contribution in [0.4, 0.5) is 0 Å². The van der Waals surface area contributed by atoms with Crippen molar-refractivity contribution in [2.24, 2.45) is 0 Å². The van der Waals surface area contributed by atoms with E-state index in [1.54, 1.807) is 54.6 Å². The van der Waals surface area contributed by atoms with Crippen molar-refractivity contribution in [3.63, 3.8) is 0 Å². The Morgan fingerprint density at radius 1 is 0.769 bits per heavy atom. The second kappa shape index (κ2) is 8.08. The van der Waals surface area contributed by atoms with Gasteiger partial charge >= 0.3 is 5.97 Å².